The van der Waals surface area contributed by atoms with Crippen LogP contribution in [0.3, 0.4) is 0 Å². The van der Waals surface area contributed by atoms with Crippen molar-refractivity contribution in [2.24, 2.45) is 7.05 Å². The van der Waals surface area contributed by atoms with E-state index in [-0.39, 0.29) is 5.91 Å². The highest BCUT2D eigenvalue weighted by Gasteiger charge is 2.10. The number of carbonyl (C=O) groups excluding carboxylic acids is 1. The largest absolute Gasteiger partial charge is 0.354 e. The lowest BCUT2D eigenvalue weighted by atomic mass is 10.2. The number of rotatable bonds is 5. The molecule has 0 aliphatic rings. The van der Waals surface area contributed by atoms with E-state index < -0.39 is 0 Å². The van der Waals surface area contributed by atoms with Gasteiger partial charge in [0, 0.05) is 32.0 Å². The molecule has 0 saturated heterocycles. The first kappa shape index (κ1) is 14.3. The zero-order chi connectivity index (χ0) is 14.7. The average Bonchev–Trinajstić information content (AvgIpc) is 2.89. The Bertz CT molecular complexity index is 611. The molecule has 0 atom stereocenters. The predicted molar refractivity (Wildman–Crippen MR) is 76.6 cm³/mol. The summed E-state index contributed by atoms with van der Waals surface area (Å²) in [5.74, 6) is 1.67. The highest BCUT2D eigenvalue weighted by molar-refractivity contribution is 5.95. The third-order valence-electron chi connectivity index (χ3n) is 3.42. The van der Waals surface area contributed by atoms with E-state index in [1.807, 2.05) is 49.3 Å². The second kappa shape index (κ2) is 5.90. The van der Waals surface area contributed by atoms with E-state index in [2.05, 4.69) is 15.4 Å². The Morgan fingerprint density at radius 2 is 2.10 bits per heavy atom. The van der Waals surface area contributed by atoms with Gasteiger partial charge in [-0.1, -0.05) is 0 Å². The Hall–Kier alpha value is -2.11. The maximum Gasteiger partial charge on any atom is 0.253 e. The van der Waals surface area contributed by atoms with E-state index >= 15 is 0 Å². The van der Waals surface area contributed by atoms with Gasteiger partial charge in [-0.05, 0) is 33.3 Å². The molecule has 1 N–H and O–H groups in total. The van der Waals surface area contributed by atoms with Crippen LogP contribution in [0.2, 0.25) is 0 Å². The predicted octanol–water partition coefficient (Wildman–Crippen LogP) is 1.36. The smallest absolute Gasteiger partial charge is 0.253 e. The average molecular weight is 275 g/mol. The molecule has 0 spiro atoms. The fourth-order valence-electron chi connectivity index (χ4n) is 2.15. The molecule has 0 fully saturated rings. The van der Waals surface area contributed by atoms with Gasteiger partial charge in [0.1, 0.15) is 11.6 Å². The fraction of sp³-hybridized carbons (Fsp3) is 0.500. The molecule has 20 heavy (non-hydrogen) atoms. The van der Waals surface area contributed by atoms with Crippen molar-refractivity contribution in [3.63, 3.8) is 0 Å². The summed E-state index contributed by atoms with van der Waals surface area (Å²) >= 11 is 0. The van der Waals surface area contributed by atoms with Gasteiger partial charge >= 0.3 is 0 Å². The molecule has 0 aromatic carbocycles. The van der Waals surface area contributed by atoms with E-state index in [1.54, 1.807) is 0 Å². The molecule has 0 radical (unpaired) electrons. The third-order valence-corrected chi connectivity index (χ3v) is 3.42. The number of aromatic nitrogens is 4. The minimum atomic E-state index is -0.0189. The summed E-state index contributed by atoms with van der Waals surface area (Å²) < 4.78 is 3.81. The second-order valence-corrected chi connectivity index (χ2v) is 4.96. The zero-order valence-corrected chi connectivity index (χ0v) is 12.5. The summed E-state index contributed by atoms with van der Waals surface area (Å²) in [6, 6.07) is 1.84. The number of nitrogens with one attached hydrogen (secondary N) is 1. The summed E-state index contributed by atoms with van der Waals surface area (Å²) in [6.45, 7) is 7.15. The Labute approximate surface area is 118 Å². The Morgan fingerprint density at radius 3 is 2.65 bits per heavy atom. The molecule has 0 aliphatic carbocycles. The van der Waals surface area contributed by atoms with Crippen LogP contribution in [0.5, 0.6) is 0 Å². The van der Waals surface area contributed by atoms with Crippen LogP contribution in [0.4, 0.5) is 0 Å². The van der Waals surface area contributed by atoms with E-state index in [4.69, 9.17) is 0 Å². The Kier molecular flexibility index (Phi) is 4.22. The summed E-state index contributed by atoms with van der Waals surface area (Å²) in [4.78, 5) is 16.3. The third kappa shape index (κ3) is 3.07. The Balaban J connectivity index is 1.80. The second-order valence-electron chi connectivity index (χ2n) is 4.96. The van der Waals surface area contributed by atoms with Crippen molar-refractivity contribution in [2.45, 2.75) is 33.7 Å². The van der Waals surface area contributed by atoms with Gasteiger partial charge in [0.2, 0.25) is 0 Å². The lowest BCUT2D eigenvalue weighted by Crippen LogP contribution is -2.26. The van der Waals surface area contributed by atoms with E-state index in [0.717, 1.165) is 35.9 Å². The van der Waals surface area contributed by atoms with E-state index in [9.17, 15) is 4.79 Å². The van der Waals surface area contributed by atoms with Crippen molar-refractivity contribution in [1.82, 2.24) is 24.6 Å². The molecule has 0 bridgehead atoms. The normalized spacial score (nSPS) is 10.8. The molecule has 1 amide bonds. The highest BCUT2D eigenvalue weighted by atomic mass is 16.1. The molecule has 2 rings (SSSR count). The van der Waals surface area contributed by atoms with Crippen LogP contribution >= 0.6 is 0 Å². The molecular weight excluding hydrogens is 254 g/mol. The van der Waals surface area contributed by atoms with Crippen molar-refractivity contribution < 1.29 is 4.79 Å². The zero-order valence-electron chi connectivity index (χ0n) is 12.5. The topological polar surface area (TPSA) is 64.7 Å². The summed E-state index contributed by atoms with van der Waals surface area (Å²) in [6.07, 6.45) is 2.73. The van der Waals surface area contributed by atoms with Gasteiger partial charge in [-0.15, -0.1) is 0 Å². The molecule has 108 valence electrons. The maximum absolute atomic E-state index is 12.0. The van der Waals surface area contributed by atoms with Crippen LogP contribution in [0, 0.1) is 20.8 Å². The molecule has 0 unspecified atom stereocenters. The molecule has 0 aliphatic heterocycles. The molecule has 2 heterocycles. The molecule has 2 aromatic heterocycles. The molecule has 6 heteroatoms. The lowest BCUT2D eigenvalue weighted by molar-refractivity contribution is 0.0952. The van der Waals surface area contributed by atoms with Crippen LogP contribution in [-0.2, 0) is 13.6 Å². The van der Waals surface area contributed by atoms with Crippen molar-refractivity contribution in [2.75, 3.05) is 6.54 Å². The number of carbonyl (C=O) groups is 1. The Morgan fingerprint density at radius 1 is 1.35 bits per heavy atom. The first-order chi connectivity index (χ1) is 9.49. The van der Waals surface area contributed by atoms with E-state index in [1.165, 1.54) is 0 Å². The molecule has 2 aromatic rings. The van der Waals surface area contributed by atoms with Gasteiger partial charge in [0.15, 0.2) is 0 Å². The van der Waals surface area contributed by atoms with Crippen molar-refractivity contribution in [1.29, 1.82) is 0 Å². The van der Waals surface area contributed by atoms with Gasteiger partial charge in [0.25, 0.3) is 5.91 Å². The van der Waals surface area contributed by atoms with Gasteiger partial charge in [0.05, 0.1) is 5.56 Å². The van der Waals surface area contributed by atoms with Crippen LogP contribution < -0.4 is 5.32 Å². The highest BCUT2D eigenvalue weighted by Crippen LogP contribution is 2.07. The SMILES string of the molecule is Cc1nc(C)n(CCCNC(=O)c2ccn(C)c2C)n1. The minimum absolute atomic E-state index is 0.0189. The monoisotopic (exact) mass is 275 g/mol. The van der Waals surface area contributed by atoms with Gasteiger partial charge in [-0.25, -0.2) is 4.98 Å². The van der Waals surface area contributed by atoms with Gasteiger partial charge in [-0.2, -0.15) is 5.10 Å². The quantitative estimate of drug-likeness (QED) is 0.838. The summed E-state index contributed by atoms with van der Waals surface area (Å²) in [5.41, 5.74) is 1.71. The summed E-state index contributed by atoms with van der Waals surface area (Å²) in [5, 5.41) is 7.23. The number of amides is 1. The molecule has 0 saturated carbocycles. The van der Waals surface area contributed by atoms with Crippen LogP contribution in [0.1, 0.15) is 34.1 Å². The van der Waals surface area contributed by atoms with Crippen LogP contribution in [0.25, 0.3) is 0 Å². The van der Waals surface area contributed by atoms with Gasteiger partial charge < -0.3 is 9.88 Å². The fourth-order valence-corrected chi connectivity index (χ4v) is 2.15. The number of nitrogens with zero attached hydrogens (tertiary/aromatic N) is 4. The van der Waals surface area contributed by atoms with Crippen LogP contribution in [0.15, 0.2) is 12.3 Å². The van der Waals surface area contributed by atoms with Crippen molar-refractivity contribution >= 4 is 5.91 Å². The van der Waals surface area contributed by atoms with Crippen molar-refractivity contribution in [3.8, 4) is 0 Å². The first-order valence-electron chi connectivity index (χ1n) is 6.77. The lowest BCUT2D eigenvalue weighted by Gasteiger charge is -2.06. The van der Waals surface area contributed by atoms with Crippen molar-refractivity contribution in [3.05, 3.63) is 35.2 Å². The number of hydrogen-bond donors (Lipinski definition) is 1. The maximum atomic E-state index is 12.0. The number of hydrogen-bond acceptors (Lipinski definition) is 3. The van der Waals surface area contributed by atoms with E-state index in [0.29, 0.717) is 6.54 Å². The molecule has 6 nitrogen and oxygen atoms in total. The van der Waals surface area contributed by atoms with Gasteiger partial charge in [-0.3, -0.25) is 9.48 Å². The molecular formula is C14H21N5O. The number of aryl methyl sites for hydroxylation is 4. The summed E-state index contributed by atoms with van der Waals surface area (Å²) in [7, 11) is 1.93. The first-order valence-corrected chi connectivity index (χ1v) is 6.77. The minimum Gasteiger partial charge on any atom is -0.354 e. The standard InChI is InChI=1S/C14H21N5O/c1-10-13(6-9-18(10)4)14(20)15-7-5-8-19-12(3)16-11(2)17-19/h6,9H,5,7-8H2,1-4H3,(H,15,20). The van der Waals surface area contributed by atoms with Crippen LogP contribution in [-0.4, -0.2) is 31.8 Å².